The average Bonchev–Trinajstić information content (AvgIpc) is 3.00. The first kappa shape index (κ1) is 10.6. The van der Waals surface area contributed by atoms with E-state index in [1.165, 1.54) is 0 Å². The van der Waals surface area contributed by atoms with Crippen LogP contribution in [0.15, 0.2) is 43.1 Å². The smallest absolute Gasteiger partial charge is 0.172 e. The fraction of sp³-hybridized carbons (Fsp3) is 0.167. The van der Waals surface area contributed by atoms with Crippen molar-refractivity contribution in [1.29, 1.82) is 0 Å². The van der Waals surface area contributed by atoms with E-state index in [2.05, 4.69) is 15.4 Å². The molecular formula is C12H14N6. The summed E-state index contributed by atoms with van der Waals surface area (Å²) in [6, 6.07) is 5.82. The van der Waals surface area contributed by atoms with E-state index in [4.69, 9.17) is 5.73 Å². The van der Waals surface area contributed by atoms with Gasteiger partial charge in [-0.3, -0.25) is 0 Å². The lowest BCUT2D eigenvalue weighted by molar-refractivity contribution is 0.724. The number of nitrogens with two attached hydrogens (primary N) is 1. The highest BCUT2D eigenvalue weighted by molar-refractivity contribution is 5.80. The van der Waals surface area contributed by atoms with Gasteiger partial charge in [-0.15, -0.1) is 5.10 Å². The summed E-state index contributed by atoms with van der Waals surface area (Å²) in [4.78, 5) is 3.99. The molecule has 0 saturated heterocycles. The number of imidazole rings is 1. The molecule has 0 spiro atoms. The summed E-state index contributed by atoms with van der Waals surface area (Å²) in [7, 11) is 0. The highest BCUT2D eigenvalue weighted by Crippen LogP contribution is 2.22. The minimum absolute atomic E-state index is 0.682. The maximum atomic E-state index is 6.03. The van der Waals surface area contributed by atoms with Crippen molar-refractivity contribution in [2.75, 3.05) is 17.6 Å². The fourth-order valence-electron chi connectivity index (χ4n) is 1.87. The third-order valence-corrected chi connectivity index (χ3v) is 2.80. The molecule has 92 valence electrons. The Hall–Kier alpha value is -2.50. The molecule has 0 aliphatic heterocycles. The van der Waals surface area contributed by atoms with E-state index >= 15 is 0 Å². The zero-order valence-electron chi connectivity index (χ0n) is 9.82. The molecule has 3 heterocycles. The number of nitrogens with zero attached hydrogens (tertiary/aromatic N) is 4. The van der Waals surface area contributed by atoms with Crippen LogP contribution in [0, 0.1) is 0 Å². The number of hydrogen-bond acceptors (Lipinski definition) is 4. The summed E-state index contributed by atoms with van der Waals surface area (Å²) in [5.74, 6) is 0.723. The lowest BCUT2D eigenvalue weighted by atomic mass is 10.3. The summed E-state index contributed by atoms with van der Waals surface area (Å²) in [5, 5.41) is 7.62. The number of rotatable bonds is 4. The molecule has 3 N–H and O–H groups in total. The first-order chi connectivity index (χ1) is 8.84. The molecule has 0 amide bonds. The number of anilines is 2. The minimum atomic E-state index is 0.682. The van der Waals surface area contributed by atoms with Gasteiger partial charge >= 0.3 is 0 Å². The summed E-state index contributed by atoms with van der Waals surface area (Å²) in [6.45, 7) is 1.58. The summed E-state index contributed by atoms with van der Waals surface area (Å²) in [5.41, 5.74) is 7.63. The predicted molar refractivity (Wildman–Crippen MR) is 70.3 cm³/mol. The maximum absolute atomic E-state index is 6.03. The van der Waals surface area contributed by atoms with Gasteiger partial charge in [-0.25, -0.2) is 9.50 Å². The molecule has 0 aliphatic rings. The van der Waals surface area contributed by atoms with E-state index in [0.717, 1.165) is 24.4 Å². The molecule has 0 saturated carbocycles. The van der Waals surface area contributed by atoms with Gasteiger partial charge in [-0.1, -0.05) is 6.07 Å². The monoisotopic (exact) mass is 242 g/mol. The van der Waals surface area contributed by atoms with E-state index in [9.17, 15) is 0 Å². The van der Waals surface area contributed by atoms with Gasteiger partial charge in [0.2, 0.25) is 0 Å². The molecule has 0 aromatic carbocycles. The van der Waals surface area contributed by atoms with Gasteiger partial charge in [-0.2, -0.15) is 0 Å². The van der Waals surface area contributed by atoms with Crippen LogP contribution in [0.1, 0.15) is 0 Å². The van der Waals surface area contributed by atoms with Crippen LogP contribution in [0.3, 0.4) is 0 Å². The molecule has 3 rings (SSSR count). The number of nitrogens with one attached hydrogen (secondary N) is 1. The lowest BCUT2D eigenvalue weighted by Crippen LogP contribution is -2.10. The van der Waals surface area contributed by atoms with Crippen molar-refractivity contribution in [3.05, 3.63) is 43.1 Å². The van der Waals surface area contributed by atoms with Gasteiger partial charge < -0.3 is 15.6 Å². The molecule has 6 nitrogen and oxygen atoms in total. The molecule has 6 heteroatoms. The molecule has 0 atom stereocenters. The number of fused-ring (bicyclic) bond motifs is 1. The van der Waals surface area contributed by atoms with E-state index in [1.54, 1.807) is 17.0 Å². The average molecular weight is 242 g/mol. The largest absolute Gasteiger partial charge is 0.394 e. The van der Waals surface area contributed by atoms with Crippen LogP contribution in [0.4, 0.5) is 11.5 Å². The Morgan fingerprint density at radius 3 is 3.00 bits per heavy atom. The van der Waals surface area contributed by atoms with Crippen LogP contribution in [0.2, 0.25) is 0 Å². The van der Waals surface area contributed by atoms with Gasteiger partial charge in [-0.05, 0) is 12.1 Å². The first-order valence-corrected chi connectivity index (χ1v) is 5.77. The molecule has 3 aromatic heterocycles. The molecule has 0 fully saturated rings. The normalized spacial score (nSPS) is 10.9. The molecule has 3 aromatic rings. The van der Waals surface area contributed by atoms with Gasteiger partial charge in [0.05, 0.1) is 11.8 Å². The van der Waals surface area contributed by atoms with Crippen molar-refractivity contribution >= 4 is 17.0 Å². The van der Waals surface area contributed by atoms with E-state index in [0.29, 0.717) is 5.69 Å². The zero-order chi connectivity index (χ0) is 12.4. The highest BCUT2D eigenvalue weighted by atomic mass is 15.3. The Morgan fingerprint density at radius 2 is 2.22 bits per heavy atom. The van der Waals surface area contributed by atoms with Crippen LogP contribution >= 0.6 is 0 Å². The SMILES string of the molecule is Nc1c(NCCn2ccnc2)nn2ccccc12. The predicted octanol–water partition coefficient (Wildman–Crippen LogP) is 1.23. The summed E-state index contributed by atoms with van der Waals surface area (Å²) >= 11 is 0. The van der Waals surface area contributed by atoms with Gasteiger partial charge in [0.15, 0.2) is 5.82 Å². The second-order valence-electron chi connectivity index (χ2n) is 4.02. The van der Waals surface area contributed by atoms with Crippen molar-refractivity contribution in [1.82, 2.24) is 19.2 Å². The Labute approximate surface area is 104 Å². The molecule has 0 unspecified atom stereocenters. The first-order valence-electron chi connectivity index (χ1n) is 5.77. The van der Waals surface area contributed by atoms with Crippen LogP contribution in [-0.2, 0) is 6.54 Å². The van der Waals surface area contributed by atoms with E-state index < -0.39 is 0 Å². The maximum Gasteiger partial charge on any atom is 0.172 e. The summed E-state index contributed by atoms with van der Waals surface area (Å²) in [6.07, 6.45) is 7.36. The van der Waals surface area contributed by atoms with Gasteiger partial charge in [0.25, 0.3) is 0 Å². The van der Waals surface area contributed by atoms with Crippen LogP contribution in [0.25, 0.3) is 5.52 Å². The molecule has 18 heavy (non-hydrogen) atoms. The minimum Gasteiger partial charge on any atom is -0.394 e. The standard InChI is InChI=1S/C12H14N6/c13-11-10-3-1-2-6-18(10)16-12(11)15-5-8-17-7-4-14-9-17/h1-4,6-7,9H,5,8,13H2,(H,15,16). The van der Waals surface area contributed by atoms with Crippen LogP contribution in [-0.4, -0.2) is 25.7 Å². The van der Waals surface area contributed by atoms with Gasteiger partial charge in [0, 0.05) is 31.7 Å². The Balaban J connectivity index is 1.73. The van der Waals surface area contributed by atoms with Gasteiger partial charge in [0.1, 0.15) is 5.69 Å². The Morgan fingerprint density at radius 1 is 1.28 bits per heavy atom. The third-order valence-electron chi connectivity index (χ3n) is 2.80. The molecular weight excluding hydrogens is 228 g/mol. The Kier molecular flexibility index (Phi) is 2.60. The summed E-state index contributed by atoms with van der Waals surface area (Å²) < 4.78 is 3.77. The lowest BCUT2D eigenvalue weighted by Gasteiger charge is -2.04. The fourth-order valence-corrected chi connectivity index (χ4v) is 1.87. The Bertz CT molecular complexity index is 640. The van der Waals surface area contributed by atoms with Crippen molar-refractivity contribution in [3.8, 4) is 0 Å². The zero-order valence-corrected chi connectivity index (χ0v) is 9.82. The number of aromatic nitrogens is 4. The molecule has 0 aliphatic carbocycles. The second kappa shape index (κ2) is 4.40. The van der Waals surface area contributed by atoms with Crippen molar-refractivity contribution in [3.63, 3.8) is 0 Å². The third kappa shape index (κ3) is 1.88. The van der Waals surface area contributed by atoms with Crippen molar-refractivity contribution in [2.45, 2.75) is 6.54 Å². The highest BCUT2D eigenvalue weighted by Gasteiger charge is 2.07. The molecule has 0 radical (unpaired) electrons. The second-order valence-corrected chi connectivity index (χ2v) is 4.02. The van der Waals surface area contributed by atoms with Crippen molar-refractivity contribution < 1.29 is 0 Å². The molecule has 0 bridgehead atoms. The van der Waals surface area contributed by atoms with Crippen molar-refractivity contribution in [2.24, 2.45) is 0 Å². The van der Waals surface area contributed by atoms with Crippen LogP contribution < -0.4 is 11.1 Å². The topological polar surface area (TPSA) is 73.2 Å². The van der Waals surface area contributed by atoms with E-state index in [-0.39, 0.29) is 0 Å². The number of nitrogen functional groups attached to an aromatic ring is 1. The van der Waals surface area contributed by atoms with E-state index in [1.807, 2.05) is 35.2 Å². The quantitative estimate of drug-likeness (QED) is 0.721. The van der Waals surface area contributed by atoms with Crippen LogP contribution in [0.5, 0.6) is 0 Å². The number of pyridine rings is 1. The number of hydrogen-bond donors (Lipinski definition) is 2.